The van der Waals surface area contributed by atoms with Crippen molar-refractivity contribution < 1.29 is 23.9 Å². The van der Waals surface area contributed by atoms with E-state index in [1.165, 1.54) is 6.92 Å². The first-order valence-corrected chi connectivity index (χ1v) is 10.1. The van der Waals surface area contributed by atoms with Crippen LogP contribution in [0.3, 0.4) is 0 Å². The minimum Gasteiger partial charge on any atom is -0.493 e. The van der Waals surface area contributed by atoms with Gasteiger partial charge >= 0.3 is 5.97 Å². The summed E-state index contributed by atoms with van der Waals surface area (Å²) in [5.74, 6) is 0.175. The van der Waals surface area contributed by atoms with Crippen molar-refractivity contribution >= 4 is 28.9 Å². The van der Waals surface area contributed by atoms with Crippen molar-refractivity contribution in [2.24, 2.45) is 0 Å². The molecule has 1 aliphatic rings. The van der Waals surface area contributed by atoms with Crippen molar-refractivity contribution in [3.8, 4) is 5.75 Å². The summed E-state index contributed by atoms with van der Waals surface area (Å²) in [7, 11) is 0. The molecule has 1 aromatic heterocycles. The second-order valence-corrected chi connectivity index (χ2v) is 7.84. The van der Waals surface area contributed by atoms with Gasteiger partial charge in [0, 0.05) is 30.8 Å². The Bertz CT molecular complexity index is 883. The third kappa shape index (κ3) is 6.05. The first-order valence-electron chi connectivity index (χ1n) is 9.26. The summed E-state index contributed by atoms with van der Waals surface area (Å²) in [5, 5.41) is 1.63. The number of aromatic nitrogens is 1. The van der Waals surface area contributed by atoms with Gasteiger partial charge in [-0.05, 0) is 37.1 Å². The lowest BCUT2D eigenvalue weighted by atomic mass is 10.1. The minimum absolute atomic E-state index is 0.235. The van der Waals surface area contributed by atoms with E-state index in [1.807, 2.05) is 36.4 Å². The third-order valence-corrected chi connectivity index (χ3v) is 5.38. The standard InChI is InChI=1S/C21H22N2O5S/c1-13(28-14(2)24)16-5-6-17(22-12-16)9-10-27-18-7-3-15(4-8-18)11-19-20(25)23-21(26)29-19/h3-8,12-13,19H,9-11H2,1-2H3,(H,23,25,26)/t13?,19-/m0/s1. The number of nitrogens with zero attached hydrogens (tertiary/aromatic N) is 1. The van der Waals surface area contributed by atoms with E-state index in [4.69, 9.17) is 9.47 Å². The number of carbonyl (C=O) groups is 3. The molecule has 1 N–H and O–H groups in total. The Morgan fingerprint density at radius 3 is 2.55 bits per heavy atom. The molecule has 8 heteroatoms. The molecule has 0 spiro atoms. The molecule has 0 aliphatic carbocycles. The lowest BCUT2D eigenvalue weighted by Crippen LogP contribution is -2.25. The number of imide groups is 1. The molecule has 2 heterocycles. The topological polar surface area (TPSA) is 94.6 Å². The number of rotatable bonds is 8. The van der Waals surface area contributed by atoms with E-state index in [2.05, 4.69) is 10.3 Å². The zero-order valence-corrected chi connectivity index (χ0v) is 17.0. The number of esters is 1. The number of amides is 2. The molecule has 0 saturated carbocycles. The minimum atomic E-state index is -0.369. The SMILES string of the molecule is CC(=O)OC(C)c1ccc(CCOc2ccc(C[C@@H]3SC(=O)NC3=O)cc2)nc1. The fourth-order valence-electron chi connectivity index (χ4n) is 2.88. The van der Waals surface area contributed by atoms with E-state index in [0.29, 0.717) is 19.4 Å². The van der Waals surface area contributed by atoms with Crippen LogP contribution in [-0.4, -0.2) is 34.0 Å². The Balaban J connectivity index is 1.45. The highest BCUT2D eigenvalue weighted by molar-refractivity contribution is 8.15. The number of thioether (sulfide) groups is 1. The molecule has 2 aromatic rings. The molecule has 7 nitrogen and oxygen atoms in total. The highest BCUT2D eigenvalue weighted by atomic mass is 32.2. The van der Waals surface area contributed by atoms with Crippen LogP contribution in [-0.2, 0) is 27.2 Å². The molecule has 1 unspecified atom stereocenters. The number of ether oxygens (including phenoxy) is 2. The van der Waals surface area contributed by atoms with E-state index in [1.54, 1.807) is 13.1 Å². The fraction of sp³-hybridized carbons (Fsp3) is 0.333. The van der Waals surface area contributed by atoms with Crippen LogP contribution in [0.1, 0.15) is 36.8 Å². The van der Waals surface area contributed by atoms with Crippen molar-refractivity contribution in [1.29, 1.82) is 0 Å². The molecule has 1 aliphatic heterocycles. The van der Waals surface area contributed by atoms with Crippen LogP contribution < -0.4 is 10.1 Å². The van der Waals surface area contributed by atoms with E-state index in [9.17, 15) is 14.4 Å². The maximum Gasteiger partial charge on any atom is 0.303 e. The molecule has 1 saturated heterocycles. The Hall–Kier alpha value is -2.87. The molecule has 152 valence electrons. The average Bonchev–Trinajstić information content (AvgIpc) is 3.00. The van der Waals surface area contributed by atoms with Crippen molar-refractivity contribution in [3.63, 3.8) is 0 Å². The highest BCUT2D eigenvalue weighted by Gasteiger charge is 2.31. The maximum absolute atomic E-state index is 11.6. The first-order chi connectivity index (χ1) is 13.9. The van der Waals surface area contributed by atoms with Gasteiger partial charge in [0.05, 0.1) is 11.9 Å². The molecule has 1 fully saturated rings. The Labute approximate surface area is 173 Å². The Morgan fingerprint density at radius 1 is 1.21 bits per heavy atom. The molecule has 3 rings (SSSR count). The molecule has 0 radical (unpaired) electrons. The Morgan fingerprint density at radius 2 is 1.97 bits per heavy atom. The molecule has 2 atom stereocenters. The van der Waals surface area contributed by atoms with Gasteiger partial charge in [0.1, 0.15) is 11.9 Å². The number of hydrogen-bond acceptors (Lipinski definition) is 7. The monoisotopic (exact) mass is 414 g/mol. The normalized spacial score (nSPS) is 17.0. The number of benzene rings is 1. The van der Waals surface area contributed by atoms with Gasteiger partial charge in [-0.25, -0.2) is 0 Å². The smallest absolute Gasteiger partial charge is 0.303 e. The van der Waals surface area contributed by atoms with Crippen LogP contribution in [0.15, 0.2) is 42.6 Å². The predicted octanol–water partition coefficient (Wildman–Crippen LogP) is 3.22. The first kappa shape index (κ1) is 20.9. The van der Waals surface area contributed by atoms with Crippen LogP contribution >= 0.6 is 11.8 Å². The predicted molar refractivity (Wildman–Crippen MR) is 109 cm³/mol. The van der Waals surface area contributed by atoms with Crippen molar-refractivity contribution in [2.75, 3.05) is 6.61 Å². The summed E-state index contributed by atoms with van der Waals surface area (Å²) in [5.41, 5.74) is 2.70. The number of pyridine rings is 1. The van der Waals surface area contributed by atoms with Crippen LogP contribution in [0.25, 0.3) is 0 Å². The zero-order valence-electron chi connectivity index (χ0n) is 16.2. The van der Waals surface area contributed by atoms with Gasteiger partial charge in [0.25, 0.3) is 5.24 Å². The summed E-state index contributed by atoms with van der Waals surface area (Å²) >= 11 is 1.03. The van der Waals surface area contributed by atoms with Gasteiger partial charge in [0.2, 0.25) is 5.91 Å². The average molecular weight is 414 g/mol. The summed E-state index contributed by atoms with van der Waals surface area (Å²) in [6.45, 7) is 3.66. The number of hydrogen-bond donors (Lipinski definition) is 1. The van der Waals surface area contributed by atoms with E-state index < -0.39 is 0 Å². The zero-order chi connectivity index (χ0) is 20.8. The highest BCUT2D eigenvalue weighted by Crippen LogP contribution is 2.24. The largest absolute Gasteiger partial charge is 0.493 e. The van der Waals surface area contributed by atoms with E-state index >= 15 is 0 Å². The summed E-state index contributed by atoms with van der Waals surface area (Å²) in [6.07, 6.45) is 2.53. The molecular weight excluding hydrogens is 392 g/mol. The Kier molecular flexibility index (Phi) is 6.87. The summed E-state index contributed by atoms with van der Waals surface area (Å²) in [4.78, 5) is 38.3. The summed E-state index contributed by atoms with van der Waals surface area (Å²) in [6, 6.07) is 11.3. The lowest BCUT2D eigenvalue weighted by molar-refractivity contribution is -0.145. The van der Waals surface area contributed by atoms with Gasteiger partial charge in [-0.3, -0.25) is 24.7 Å². The van der Waals surface area contributed by atoms with E-state index in [-0.39, 0.29) is 28.5 Å². The number of nitrogens with one attached hydrogen (secondary N) is 1. The van der Waals surface area contributed by atoms with Gasteiger partial charge in [-0.1, -0.05) is 30.0 Å². The van der Waals surface area contributed by atoms with Crippen molar-refractivity contribution in [3.05, 3.63) is 59.4 Å². The summed E-state index contributed by atoms with van der Waals surface area (Å²) < 4.78 is 10.9. The second-order valence-electron chi connectivity index (χ2n) is 6.66. The third-order valence-electron chi connectivity index (χ3n) is 4.40. The van der Waals surface area contributed by atoms with Crippen LogP contribution in [0, 0.1) is 0 Å². The number of carbonyl (C=O) groups excluding carboxylic acids is 3. The van der Waals surface area contributed by atoms with Crippen molar-refractivity contribution in [2.45, 2.75) is 38.0 Å². The van der Waals surface area contributed by atoms with Gasteiger partial charge in [0.15, 0.2) is 0 Å². The quantitative estimate of drug-likeness (QED) is 0.663. The molecule has 0 bridgehead atoms. The van der Waals surface area contributed by atoms with Crippen LogP contribution in [0.4, 0.5) is 4.79 Å². The maximum atomic E-state index is 11.6. The molecule has 29 heavy (non-hydrogen) atoms. The van der Waals surface area contributed by atoms with Gasteiger partial charge in [-0.2, -0.15) is 0 Å². The molecule has 1 aromatic carbocycles. The van der Waals surface area contributed by atoms with E-state index in [0.717, 1.165) is 34.3 Å². The fourth-order valence-corrected chi connectivity index (χ4v) is 3.74. The van der Waals surface area contributed by atoms with Gasteiger partial charge < -0.3 is 9.47 Å². The van der Waals surface area contributed by atoms with Crippen molar-refractivity contribution in [1.82, 2.24) is 10.3 Å². The lowest BCUT2D eigenvalue weighted by Gasteiger charge is -2.12. The molecular formula is C21H22N2O5S. The van der Waals surface area contributed by atoms with Crippen LogP contribution in [0.2, 0.25) is 0 Å². The van der Waals surface area contributed by atoms with Gasteiger partial charge in [-0.15, -0.1) is 0 Å². The second kappa shape index (κ2) is 9.56. The van der Waals surface area contributed by atoms with Crippen LogP contribution in [0.5, 0.6) is 5.75 Å². The molecule has 2 amide bonds.